The maximum absolute atomic E-state index is 14.4. The molecule has 5 nitrogen and oxygen atoms in total. The van der Waals surface area contributed by atoms with Crippen LogP contribution in [0.15, 0.2) is 29.3 Å². The van der Waals surface area contributed by atoms with E-state index in [1.807, 2.05) is 6.07 Å². The smallest absolute Gasteiger partial charge is 0.349 e. The highest BCUT2D eigenvalue weighted by molar-refractivity contribution is 5.75. The molecular weight excluding hydrogens is 333 g/mol. The SMILES string of the molecule is CCCCC1(C(F)(F)F)c2cc(C#N)ccc2Nc2c1nc[nH]c2=O. The fourth-order valence-corrected chi connectivity index (χ4v) is 3.30. The molecule has 0 fully saturated rings. The van der Waals surface area contributed by atoms with Crippen LogP contribution in [-0.4, -0.2) is 16.1 Å². The van der Waals surface area contributed by atoms with Crippen LogP contribution in [0.1, 0.15) is 43.0 Å². The lowest BCUT2D eigenvalue weighted by Crippen LogP contribution is -2.48. The van der Waals surface area contributed by atoms with Crippen LogP contribution < -0.4 is 10.9 Å². The fraction of sp³-hybridized carbons (Fsp3) is 0.353. The number of rotatable bonds is 3. The Bertz CT molecular complexity index is 913. The molecule has 0 spiro atoms. The first kappa shape index (κ1) is 17.0. The minimum absolute atomic E-state index is 0.0712. The third-order valence-electron chi connectivity index (χ3n) is 4.51. The van der Waals surface area contributed by atoms with Crippen molar-refractivity contribution in [2.24, 2.45) is 0 Å². The zero-order valence-electron chi connectivity index (χ0n) is 13.4. The van der Waals surface area contributed by atoms with E-state index < -0.39 is 17.2 Å². The summed E-state index contributed by atoms with van der Waals surface area (Å²) in [4.78, 5) is 18.3. The van der Waals surface area contributed by atoms with Crippen LogP contribution >= 0.6 is 0 Å². The van der Waals surface area contributed by atoms with Crippen LogP contribution in [0.2, 0.25) is 0 Å². The van der Waals surface area contributed by atoms with Crippen molar-refractivity contribution >= 4 is 11.4 Å². The van der Waals surface area contributed by atoms with E-state index in [-0.39, 0.29) is 34.6 Å². The standard InChI is InChI=1S/C17H15F3N4O/c1-2-3-6-16(17(18,19)20)11-7-10(8-21)4-5-12(11)24-13-14(16)22-9-23-15(13)25/h4-5,7,9,24H,2-3,6H2,1H3,(H,22,23,25). The van der Waals surface area contributed by atoms with E-state index in [1.54, 1.807) is 6.92 Å². The number of halogens is 3. The molecule has 0 amide bonds. The second-order valence-electron chi connectivity index (χ2n) is 5.96. The molecule has 2 heterocycles. The van der Waals surface area contributed by atoms with Crippen molar-refractivity contribution in [1.29, 1.82) is 5.26 Å². The Morgan fingerprint density at radius 2 is 2.12 bits per heavy atom. The van der Waals surface area contributed by atoms with Gasteiger partial charge in [0.1, 0.15) is 11.1 Å². The molecule has 2 aromatic rings. The van der Waals surface area contributed by atoms with Crippen molar-refractivity contribution < 1.29 is 13.2 Å². The number of nitrogens with zero attached hydrogens (tertiary/aromatic N) is 2. The van der Waals surface area contributed by atoms with Crippen molar-refractivity contribution in [3.05, 3.63) is 51.7 Å². The van der Waals surface area contributed by atoms with E-state index in [0.717, 1.165) is 6.33 Å². The van der Waals surface area contributed by atoms with Gasteiger partial charge in [-0.3, -0.25) is 4.79 Å². The summed E-state index contributed by atoms with van der Waals surface area (Å²) in [6, 6.07) is 5.93. The first-order chi connectivity index (χ1) is 11.8. The van der Waals surface area contributed by atoms with Crippen molar-refractivity contribution in [2.45, 2.75) is 37.8 Å². The van der Waals surface area contributed by atoms with E-state index >= 15 is 0 Å². The minimum atomic E-state index is -4.68. The second-order valence-corrected chi connectivity index (χ2v) is 5.96. The lowest BCUT2D eigenvalue weighted by atomic mass is 9.69. The Balaban J connectivity index is 2.41. The van der Waals surface area contributed by atoms with Crippen LogP contribution in [0.5, 0.6) is 0 Å². The summed E-state index contributed by atoms with van der Waals surface area (Å²) in [5.74, 6) is 0. The summed E-state index contributed by atoms with van der Waals surface area (Å²) in [5, 5.41) is 11.9. The molecule has 1 aliphatic rings. The number of benzene rings is 1. The number of hydrogen-bond acceptors (Lipinski definition) is 4. The number of fused-ring (bicyclic) bond motifs is 2. The lowest BCUT2D eigenvalue weighted by molar-refractivity contribution is -0.181. The van der Waals surface area contributed by atoms with Gasteiger partial charge in [0.05, 0.1) is 23.7 Å². The normalized spacial score (nSPS) is 18.7. The van der Waals surface area contributed by atoms with E-state index in [4.69, 9.17) is 5.26 Å². The van der Waals surface area contributed by atoms with Gasteiger partial charge in [0.2, 0.25) is 0 Å². The van der Waals surface area contributed by atoms with Crippen molar-refractivity contribution in [3.63, 3.8) is 0 Å². The Hall–Kier alpha value is -2.82. The first-order valence-corrected chi connectivity index (χ1v) is 7.81. The summed E-state index contributed by atoms with van der Waals surface area (Å²) >= 11 is 0. The highest BCUT2D eigenvalue weighted by Crippen LogP contribution is 2.55. The van der Waals surface area contributed by atoms with Gasteiger partial charge in [-0.05, 0) is 30.2 Å². The first-order valence-electron chi connectivity index (χ1n) is 7.81. The molecule has 0 aliphatic carbocycles. The molecule has 8 heteroatoms. The maximum Gasteiger partial charge on any atom is 0.404 e. The number of aromatic amines is 1. The molecule has 1 aliphatic heterocycles. The topological polar surface area (TPSA) is 81.6 Å². The molecule has 1 atom stereocenters. The average molecular weight is 348 g/mol. The zero-order valence-corrected chi connectivity index (χ0v) is 13.4. The number of nitriles is 1. The molecule has 1 unspecified atom stereocenters. The molecule has 1 aromatic heterocycles. The summed E-state index contributed by atoms with van der Waals surface area (Å²) in [6.07, 6.45) is -3.10. The Morgan fingerprint density at radius 1 is 1.36 bits per heavy atom. The summed E-state index contributed by atoms with van der Waals surface area (Å²) in [6.45, 7) is 1.80. The lowest BCUT2D eigenvalue weighted by Gasteiger charge is -2.41. The Morgan fingerprint density at radius 3 is 2.76 bits per heavy atom. The molecular formula is C17H15F3N4O. The van der Waals surface area contributed by atoms with Gasteiger partial charge in [-0.1, -0.05) is 19.8 Å². The molecule has 0 saturated heterocycles. The van der Waals surface area contributed by atoms with Gasteiger partial charge in [0.25, 0.3) is 5.56 Å². The largest absolute Gasteiger partial charge is 0.404 e. The predicted molar refractivity (Wildman–Crippen MR) is 85.7 cm³/mol. The van der Waals surface area contributed by atoms with Gasteiger partial charge in [-0.15, -0.1) is 0 Å². The fourth-order valence-electron chi connectivity index (χ4n) is 3.30. The summed E-state index contributed by atoms with van der Waals surface area (Å²) in [7, 11) is 0. The molecule has 1 aromatic carbocycles. The van der Waals surface area contributed by atoms with E-state index in [9.17, 15) is 18.0 Å². The van der Waals surface area contributed by atoms with Gasteiger partial charge < -0.3 is 10.3 Å². The van der Waals surface area contributed by atoms with Crippen LogP contribution in [0.4, 0.5) is 24.5 Å². The Labute approximate surface area is 141 Å². The second kappa shape index (κ2) is 5.92. The number of H-pyrrole nitrogens is 1. The van der Waals surface area contributed by atoms with Crippen molar-refractivity contribution in [1.82, 2.24) is 9.97 Å². The van der Waals surface area contributed by atoms with E-state index in [0.29, 0.717) is 12.8 Å². The van der Waals surface area contributed by atoms with Crippen LogP contribution in [0.3, 0.4) is 0 Å². The molecule has 0 bridgehead atoms. The Kier molecular flexibility index (Phi) is 4.03. The number of hydrogen-bond donors (Lipinski definition) is 2. The minimum Gasteiger partial charge on any atom is -0.349 e. The number of alkyl halides is 3. The van der Waals surface area contributed by atoms with Crippen molar-refractivity contribution in [3.8, 4) is 6.07 Å². The van der Waals surface area contributed by atoms with Gasteiger partial charge in [0, 0.05) is 5.69 Å². The number of anilines is 2. The molecule has 0 saturated carbocycles. The molecule has 25 heavy (non-hydrogen) atoms. The predicted octanol–water partition coefficient (Wildman–Crippen LogP) is 3.74. The van der Waals surface area contributed by atoms with Crippen LogP contribution in [0, 0.1) is 11.3 Å². The number of nitrogens with one attached hydrogen (secondary N) is 2. The van der Waals surface area contributed by atoms with Gasteiger partial charge in [-0.2, -0.15) is 18.4 Å². The summed E-state index contributed by atoms with van der Waals surface area (Å²) in [5.41, 5.74) is -3.42. The number of unbranched alkanes of at least 4 members (excludes halogenated alkanes) is 1. The van der Waals surface area contributed by atoms with E-state index in [1.165, 1.54) is 18.2 Å². The van der Waals surface area contributed by atoms with Crippen LogP contribution in [0.25, 0.3) is 0 Å². The average Bonchev–Trinajstić information content (AvgIpc) is 2.58. The molecule has 2 N–H and O–H groups in total. The third-order valence-corrected chi connectivity index (χ3v) is 4.51. The van der Waals surface area contributed by atoms with Gasteiger partial charge >= 0.3 is 6.18 Å². The van der Waals surface area contributed by atoms with E-state index in [2.05, 4.69) is 15.3 Å². The van der Waals surface area contributed by atoms with Gasteiger partial charge in [-0.25, -0.2) is 4.98 Å². The number of aromatic nitrogens is 2. The quantitative estimate of drug-likeness (QED) is 0.885. The maximum atomic E-state index is 14.4. The molecule has 3 rings (SSSR count). The monoisotopic (exact) mass is 348 g/mol. The molecule has 0 radical (unpaired) electrons. The molecule has 130 valence electrons. The van der Waals surface area contributed by atoms with Crippen molar-refractivity contribution in [2.75, 3.05) is 5.32 Å². The van der Waals surface area contributed by atoms with Crippen LogP contribution in [-0.2, 0) is 5.41 Å². The highest BCUT2D eigenvalue weighted by atomic mass is 19.4. The van der Waals surface area contributed by atoms with Gasteiger partial charge in [0.15, 0.2) is 0 Å². The third kappa shape index (κ3) is 2.47. The summed E-state index contributed by atoms with van der Waals surface area (Å²) < 4.78 is 43.1. The zero-order chi connectivity index (χ0) is 18.2. The highest BCUT2D eigenvalue weighted by Gasteiger charge is 2.61.